The Morgan fingerprint density at radius 1 is 0.839 bits per heavy atom. The van der Waals surface area contributed by atoms with Gasteiger partial charge in [-0.15, -0.1) is 34.5 Å². The number of benzene rings is 2. The van der Waals surface area contributed by atoms with Crippen molar-refractivity contribution in [3.8, 4) is 11.1 Å². The molecule has 0 radical (unpaired) electrons. The van der Waals surface area contributed by atoms with Crippen LogP contribution >= 0.6 is 0 Å². The Hall–Kier alpha value is -0.757. The van der Waals surface area contributed by atoms with Crippen molar-refractivity contribution in [2.45, 2.75) is 54.4 Å². The normalized spacial score (nSPS) is 9.74. The van der Waals surface area contributed by atoms with Gasteiger partial charge in [-0.25, -0.2) is 0 Å². The molecule has 0 N–H and O–H groups in total. The second kappa shape index (κ2) is 13.7. The van der Waals surface area contributed by atoms with Crippen LogP contribution in [0.2, 0.25) is 0 Å². The molecular weight excluding hydrogens is 587 g/mol. The first-order valence-corrected chi connectivity index (χ1v) is 10.4. The maximum Gasteiger partial charge on any atom is 4.00 e. The van der Waals surface area contributed by atoms with E-state index in [0.29, 0.717) is 0 Å². The summed E-state index contributed by atoms with van der Waals surface area (Å²) in [6, 6.07) is 21.6. The fraction of sp³-hybridized carbons (Fsp3) is 0.286. The zero-order valence-corrected chi connectivity index (χ0v) is 25.1. The minimum atomic E-state index is 0. The van der Waals surface area contributed by atoms with Gasteiger partial charge in [-0.1, -0.05) is 96.3 Å². The molecule has 0 fully saturated rings. The summed E-state index contributed by atoms with van der Waals surface area (Å²) in [5, 5.41) is 2.69. The van der Waals surface area contributed by atoms with Crippen LogP contribution in [0, 0.1) is 34.6 Å². The van der Waals surface area contributed by atoms with Gasteiger partial charge in [-0.2, -0.15) is 33.9 Å². The van der Waals surface area contributed by atoms with E-state index in [1.807, 2.05) is 0 Å². The molecule has 0 atom stereocenters. The maximum absolute atomic E-state index is 2.26. The molecule has 0 nitrogen and oxygen atoms in total. The molecule has 3 heteroatoms. The summed E-state index contributed by atoms with van der Waals surface area (Å²) in [6.45, 7) is 13.4. The molecule has 0 aromatic heterocycles. The Morgan fingerprint density at radius 2 is 1.48 bits per heavy atom. The Bertz CT molecular complexity index is 1050. The molecule has 0 amide bonds. The minimum Gasteiger partial charge on any atom is -1.00 e. The van der Waals surface area contributed by atoms with Crippen LogP contribution in [0.1, 0.15) is 46.7 Å². The fourth-order valence-corrected chi connectivity index (χ4v) is 4.18. The maximum atomic E-state index is 2.26. The van der Waals surface area contributed by atoms with E-state index < -0.39 is 0 Å². The molecule has 4 rings (SSSR count). The summed E-state index contributed by atoms with van der Waals surface area (Å²) < 4.78 is 0. The smallest absolute Gasteiger partial charge is 1.00 e. The molecule has 0 spiro atoms. The first-order valence-electron chi connectivity index (χ1n) is 10.4. The van der Waals surface area contributed by atoms with E-state index in [2.05, 4.69) is 102 Å². The van der Waals surface area contributed by atoms with E-state index >= 15 is 0 Å². The zero-order chi connectivity index (χ0) is 20.3. The van der Waals surface area contributed by atoms with Crippen LogP contribution in [-0.4, -0.2) is 0 Å². The second-order valence-corrected chi connectivity index (χ2v) is 7.94. The van der Waals surface area contributed by atoms with Crippen molar-refractivity contribution in [1.29, 1.82) is 0 Å². The van der Waals surface area contributed by atoms with Crippen LogP contribution in [0.5, 0.6) is 0 Å². The Morgan fingerprint density at radius 3 is 2.03 bits per heavy atom. The van der Waals surface area contributed by atoms with E-state index in [1.165, 1.54) is 62.6 Å². The summed E-state index contributed by atoms with van der Waals surface area (Å²) in [4.78, 5) is 0. The van der Waals surface area contributed by atoms with Crippen molar-refractivity contribution in [2.24, 2.45) is 0 Å². The Kier molecular flexibility index (Phi) is 13.4. The standard InChI is InChI=1S/C16H13.C12H19.2BrH.Zr/c1-12-10-14-8-5-9-15(16(14)11-12)13-6-3-2-4-7-13;1-6-7-12-10(4)8(2)9(3)11(12)5;;;/h2-11H,1H3;6-7H2,1-5H3;2*1H;/q2*-1;;;+4/p-2. The van der Waals surface area contributed by atoms with Gasteiger partial charge in [0.1, 0.15) is 0 Å². The summed E-state index contributed by atoms with van der Waals surface area (Å²) in [7, 11) is 0. The van der Waals surface area contributed by atoms with Crippen LogP contribution in [0.4, 0.5) is 0 Å². The average Bonchev–Trinajstić information content (AvgIpc) is 3.18. The van der Waals surface area contributed by atoms with Crippen molar-refractivity contribution < 1.29 is 60.2 Å². The van der Waals surface area contributed by atoms with Crippen LogP contribution in [0.3, 0.4) is 0 Å². The van der Waals surface area contributed by atoms with Crippen molar-refractivity contribution in [1.82, 2.24) is 0 Å². The van der Waals surface area contributed by atoms with Gasteiger partial charge in [0.15, 0.2) is 0 Å². The molecular formula is C28H32Br2Zr. The predicted molar refractivity (Wildman–Crippen MR) is 125 cm³/mol. The van der Waals surface area contributed by atoms with Gasteiger partial charge in [0.25, 0.3) is 0 Å². The van der Waals surface area contributed by atoms with E-state index in [-0.39, 0.29) is 60.2 Å². The predicted octanol–water partition coefficient (Wildman–Crippen LogP) is 2.13. The van der Waals surface area contributed by atoms with Crippen molar-refractivity contribution in [3.63, 3.8) is 0 Å². The summed E-state index contributed by atoms with van der Waals surface area (Å²) in [5.41, 5.74) is 11.6. The molecule has 0 aliphatic rings. The zero-order valence-electron chi connectivity index (χ0n) is 19.4. The van der Waals surface area contributed by atoms with Crippen molar-refractivity contribution in [2.75, 3.05) is 0 Å². The molecule has 0 heterocycles. The number of hydrogen-bond acceptors (Lipinski definition) is 0. The monoisotopic (exact) mass is 616 g/mol. The number of aryl methyl sites for hydroxylation is 1. The molecule has 0 bridgehead atoms. The molecule has 0 unspecified atom stereocenters. The number of halogens is 2. The Labute approximate surface area is 228 Å². The minimum absolute atomic E-state index is 0. The van der Waals surface area contributed by atoms with Crippen molar-refractivity contribution >= 4 is 10.8 Å². The summed E-state index contributed by atoms with van der Waals surface area (Å²) in [5.74, 6) is 0. The second-order valence-electron chi connectivity index (χ2n) is 7.94. The largest absolute Gasteiger partial charge is 4.00 e. The summed E-state index contributed by atoms with van der Waals surface area (Å²) in [6.07, 6.45) is 2.50. The SMILES string of the molecule is CCCc1c(C)c(C)c(C)[c-]1C.Cc1cc2c(-c3ccccc3)cccc2[cH-]1.[Br-].[Br-].[Zr+4]. The van der Waals surface area contributed by atoms with Crippen LogP contribution in [-0.2, 0) is 32.6 Å². The fourth-order valence-electron chi connectivity index (χ4n) is 4.18. The molecule has 31 heavy (non-hydrogen) atoms. The molecule has 0 saturated heterocycles. The first-order chi connectivity index (χ1) is 13.4. The van der Waals surface area contributed by atoms with Crippen LogP contribution < -0.4 is 34.0 Å². The quantitative estimate of drug-likeness (QED) is 0.309. The molecule has 0 aliphatic carbocycles. The van der Waals surface area contributed by atoms with Crippen LogP contribution in [0.15, 0.2) is 60.7 Å². The summed E-state index contributed by atoms with van der Waals surface area (Å²) >= 11 is 0. The van der Waals surface area contributed by atoms with E-state index in [4.69, 9.17) is 0 Å². The molecule has 4 aromatic carbocycles. The number of fused-ring (bicyclic) bond motifs is 1. The van der Waals surface area contributed by atoms with Crippen molar-refractivity contribution in [3.05, 3.63) is 94.0 Å². The third-order valence-corrected chi connectivity index (χ3v) is 6.07. The van der Waals surface area contributed by atoms with E-state index in [1.54, 1.807) is 5.56 Å². The number of hydrogen-bond donors (Lipinski definition) is 0. The average molecular weight is 620 g/mol. The molecule has 0 saturated carbocycles. The van der Waals surface area contributed by atoms with Gasteiger partial charge in [0.05, 0.1) is 0 Å². The third kappa shape index (κ3) is 6.86. The molecule has 0 aliphatic heterocycles. The number of rotatable bonds is 3. The van der Waals surface area contributed by atoms with Gasteiger partial charge in [0.2, 0.25) is 0 Å². The van der Waals surface area contributed by atoms with Gasteiger partial charge >= 0.3 is 26.2 Å². The van der Waals surface area contributed by atoms with Gasteiger partial charge in [0, 0.05) is 0 Å². The van der Waals surface area contributed by atoms with Gasteiger partial charge in [-0.3, -0.25) is 0 Å². The van der Waals surface area contributed by atoms with Gasteiger partial charge < -0.3 is 34.0 Å². The van der Waals surface area contributed by atoms with Gasteiger partial charge in [-0.05, 0) is 5.56 Å². The third-order valence-electron chi connectivity index (χ3n) is 6.07. The van der Waals surface area contributed by atoms with E-state index in [9.17, 15) is 0 Å². The van der Waals surface area contributed by atoms with E-state index in [0.717, 1.165) is 0 Å². The van der Waals surface area contributed by atoms with Crippen LogP contribution in [0.25, 0.3) is 21.9 Å². The molecule has 162 valence electrons. The topological polar surface area (TPSA) is 0 Å². The Balaban J connectivity index is 0.000000549. The molecule has 4 aromatic rings. The first kappa shape index (κ1) is 30.2.